The number of carbonyl (C=O) groups is 1. The predicted molar refractivity (Wildman–Crippen MR) is 90.9 cm³/mol. The maximum atomic E-state index is 12.0. The monoisotopic (exact) mass is 367 g/mol. The van der Waals surface area contributed by atoms with Crippen LogP contribution < -0.4 is 5.43 Å². The third-order valence-electron chi connectivity index (χ3n) is 3.06. The van der Waals surface area contributed by atoms with Gasteiger partial charge in [0.15, 0.2) is 0 Å². The standard InChI is InChI=1S/C15H11Cl2N3O4/c1-8(12-6-10(16)7-13(17)14(12)21)18-19-15(22)9-3-2-4-11(5-9)20(23)24/h2-7,21H,1H3,(H,19,22)/b18-8+. The number of nitro benzene ring substituents is 1. The van der Waals surface area contributed by atoms with Gasteiger partial charge >= 0.3 is 0 Å². The Morgan fingerprint density at radius 3 is 2.67 bits per heavy atom. The Kier molecular flexibility index (Phi) is 5.38. The highest BCUT2D eigenvalue weighted by molar-refractivity contribution is 6.36. The number of benzene rings is 2. The van der Waals surface area contributed by atoms with Gasteiger partial charge in [-0.2, -0.15) is 5.10 Å². The zero-order chi connectivity index (χ0) is 17.9. The van der Waals surface area contributed by atoms with E-state index >= 15 is 0 Å². The normalized spacial score (nSPS) is 11.2. The molecular weight excluding hydrogens is 357 g/mol. The Bertz CT molecular complexity index is 853. The molecule has 2 N–H and O–H groups in total. The number of halogens is 2. The molecule has 24 heavy (non-hydrogen) atoms. The van der Waals surface area contributed by atoms with E-state index in [1.165, 1.54) is 37.3 Å². The minimum absolute atomic E-state index is 0.0528. The highest BCUT2D eigenvalue weighted by Gasteiger charge is 2.13. The number of nitrogens with one attached hydrogen (secondary N) is 1. The molecule has 7 nitrogen and oxygen atoms in total. The first-order chi connectivity index (χ1) is 11.3. The Labute approximate surface area is 146 Å². The fourth-order valence-corrected chi connectivity index (χ4v) is 2.36. The van der Waals surface area contributed by atoms with Crippen molar-refractivity contribution in [3.63, 3.8) is 0 Å². The lowest BCUT2D eigenvalue weighted by atomic mass is 10.1. The Morgan fingerprint density at radius 2 is 2.00 bits per heavy atom. The van der Waals surface area contributed by atoms with Crippen molar-refractivity contribution in [1.29, 1.82) is 0 Å². The Morgan fingerprint density at radius 1 is 1.29 bits per heavy atom. The largest absolute Gasteiger partial charge is 0.506 e. The quantitative estimate of drug-likeness (QED) is 0.487. The first kappa shape index (κ1) is 17.7. The van der Waals surface area contributed by atoms with Gasteiger partial charge < -0.3 is 5.11 Å². The van der Waals surface area contributed by atoms with Gasteiger partial charge in [-0.15, -0.1) is 0 Å². The summed E-state index contributed by atoms with van der Waals surface area (Å²) in [5, 5.41) is 24.8. The molecule has 0 fully saturated rings. The van der Waals surface area contributed by atoms with Gasteiger partial charge in [-0.3, -0.25) is 14.9 Å². The molecule has 0 heterocycles. The SMILES string of the molecule is C/C(=N\NC(=O)c1cccc([N+](=O)[O-])c1)c1cc(Cl)cc(Cl)c1O. The number of nitro groups is 1. The number of hydrogen-bond donors (Lipinski definition) is 2. The van der Waals surface area contributed by atoms with Crippen LogP contribution in [0, 0.1) is 10.1 Å². The fourth-order valence-electron chi connectivity index (χ4n) is 1.86. The molecule has 0 aliphatic rings. The molecule has 0 aliphatic carbocycles. The van der Waals surface area contributed by atoms with Crippen LogP contribution >= 0.6 is 23.2 Å². The van der Waals surface area contributed by atoms with Crippen molar-refractivity contribution in [2.24, 2.45) is 5.10 Å². The number of phenolic OH excluding ortho intramolecular Hbond substituents is 1. The number of aromatic hydroxyl groups is 1. The van der Waals surface area contributed by atoms with E-state index in [2.05, 4.69) is 10.5 Å². The summed E-state index contributed by atoms with van der Waals surface area (Å²) >= 11 is 11.7. The molecule has 2 aromatic rings. The summed E-state index contributed by atoms with van der Waals surface area (Å²) < 4.78 is 0. The van der Waals surface area contributed by atoms with E-state index < -0.39 is 10.8 Å². The molecule has 1 amide bonds. The number of carbonyl (C=O) groups excluding carboxylic acids is 1. The number of non-ortho nitro benzene ring substituents is 1. The van der Waals surface area contributed by atoms with Crippen molar-refractivity contribution in [2.75, 3.05) is 0 Å². The van der Waals surface area contributed by atoms with Crippen molar-refractivity contribution < 1.29 is 14.8 Å². The lowest BCUT2D eigenvalue weighted by molar-refractivity contribution is -0.384. The molecule has 124 valence electrons. The summed E-state index contributed by atoms with van der Waals surface area (Å²) in [6, 6.07) is 8.04. The van der Waals surface area contributed by atoms with Gasteiger partial charge in [0.25, 0.3) is 11.6 Å². The molecule has 2 aromatic carbocycles. The van der Waals surface area contributed by atoms with Gasteiger partial charge in [0.05, 0.1) is 15.7 Å². The summed E-state index contributed by atoms with van der Waals surface area (Å²) in [7, 11) is 0. The van der Waals surface area contributed by atoms with Gasteiger partial charge in [-0.25, -0.2) is 5.43 Å². The third-order valence-corrected chi connectivity index (χ3v) is 3.57. The van der Waals surface area contributed by atoms with Crippen molar-refractivity contribution in [1.82, 2.24) is 5.43 Å². The third kappa shape index (κ3) is 4.01. The lowest BCUT2D eigenvalue weighted by Crippen LogP contribution is -2.19. The van der Waals surface area contributed by atoms with Crippen molar-refractivity contribution in [2.45, 2.75) is 6.92 Å². The van der Waals surface area contributed by atoms with Crippen LogP contribution in [0.2, 0.25) is 10.0 Å². The molecule has 2 rings (SSSR count). The lowest BCUT2D eigenvalue weighted by Gasteiger charge is -2.07. The minimum Gasteiger partial charge on any atom is -0.506 e. The topological polar surface area (TPSA) is 105 Å². The second-order valence-corrected chi connectivity index (χ2v) is 5.57. The summed E-state index contributed by atoms with van der Waals surface area (Å²) in [4.78, 5) is 22.1. The number of phenols is 1. The maximum Gasteiger partial charge on any atom is 0.271 e. The van der Waals surface area contributed by atoms with Gasteiger partial charge in [0.2, 0.25) is 0 Å². The van der Waals surface area contributed by atoms with Crippen LogP contribution in [-0.4, -0.2) is 21.6 Å². The number of rotatable bonds is 4. The molecule has 0 atom stereocenters. The van der Waals surface area contributed by atoms with E-state index in [-0.39, 0.29) is 33.3 Å². The Balaban J connectivity index is 2.23. The number of hydrazone groups is 1. The molecule has 0 saturated heterocycles. The van der Waals surface area contributed by atoms with Crippen molar-refractivity contribution in [3.05, 3.63) is 67.7 Å². The van der Waals surface area contributed by atoms with Gasteiger partial charge in [0.1, 0.15) is 5.75 Å². The van der Waals surface area contributed by atoms with E-state index in [0.29, 0.717) is 5.02 Å². The second kappa shape index (κ2) is 7.29. The summed E-state index contributed by atoms with van der Waals surface area (Å²) in [5.41, 5.74) is 2.65. The second-order valence-electron chi connectivity index (χ2n) is 4.73. The molecule has 0 bridgehead atoms. The van der Waals surface area contributed by atoms with Crippen LogP contribution in [0.15, 0.2) is 41.5 Å². The van der Waals surface area contributed by atoms with Gasteiger partial charge in [-0.1, -0.05) is 29.3 Å². The van der Waals surface area contributed by atoms with Crippen LogP contribution in [0.4, 0.5) is 5.69 Å². The minimum atomic E-state index is -0.634. The van der Waals surface area contributed by atoms with E-state index in [1.54, 1.807) is 0 Å². The average molecular weight is 368 g/mol. The molecule has 0 radical (unpaired) electrons. The summed E-state index contributed by atoms with van der Waals surface area (Å²) in [6.45, 7) is 1.54. The molecule has 0 aromatic heterocycles. The maximum absolute atomic E-state index is 12.0. The number of hydrogen-bond acceptors (Lipinski definition) is 5. The van der Waals surface area contributed by atoms with Crippen molar-refractivity contribution >= 4 is 40.5 Å². The van der Waals surface area contributed by atoms with E-state index in [9.17, 15) is 20.0 Å². The average Bonchev–Trinajstić information content (AvgIpc) is 2.55. The zero-order valence-corrected chi connectivity index (χ0v) is 13.8. The molecule has 0 spiro atoms. The van der Waals surface area contributed by atoms with Crippen LogP contribution in [0.5, 0.6) is 5.75 Å². The first-order valence-electron chi connectivity index (χ1n) is 6.57. The first-order valence-corrected chi connectivity index (χ1v) is 7.32. The zero-order valence-electron chi connectivity index (χ0n) is 12.3. The van der Waals surface area contributed by atoms with E-state index in [0.717, 1.165) is 6.07 Å². The molecule has 0 aliphatic heterocycles. The van der Waals surface area contributed by atoms with Crippen LogP contribution in [-0.2, 0) is 0 Å². The molecule has 0 unspecified atom stereocenters. The van der Waals surface area contributed by atoms with E-state index in [1.807, 2.05) is 0 Å². The van der Waals surface area contributed by atoms with Crippen LogP contribution in [0.1, 0.15) is 22.8 Å². The summed E-state index contributed by atoms with van der Waals surface area (Å²) in [6.07, 6.45) is 0. The van der Waals surface area contributed by atoms with Crippen molar-refractivity contribution in [3.8, 4) is 5.75 Å². The summed E-state index contributed by atoms with van der Waals surface area (Å²) in [5.74, 6) is -0.849. The van der Waals surface area contributed by atoms with Gasteiger partial charge in [-0.05, 0) is 25.1 Å². The number of nitrogens with zero attached hydrogens (tertiary/aromatic N) is 2. The molecule has 9 heteroatoms. The van der Waals surface area contributed by atoms with Crippen LogP contribution in [0.3, 0.4) is 0 Å². The van der Waals surface area contributed by atoms with Gasteiger partial charge in [0, 0.05) is 28.3 Å². The molecule has 0 saturated carbocycles. The molecular formula is C15H11Cl2N3O4. The number of amides is 1. The van der Waals surface area contributed by atoms with Crippen LogP contribution in [0.25, 0.3) is 0 Å². The fraction of sp³-hybridized carbons (Fsp3) is 0.0667. The highest BCUT2D eigenvalue weighted by Crippen LogP contribution is 2.31. The smallest absolute Gasteiger partial charge is 0.271 e. The highest BCUT2D eigenvalue weighted by atomic mass is 35.5. The Hall–Kier alpha value is -2.64. The predicted octanol–water partition coefficient (Wildman–Crippen LogP) is 3.76. The van der Waals surface area contributed by atoms with E-state index in [4.69, 9.17) is 23.2 Å².